The van der Waals surface area contributed by atoms with Crippen molar-refractivity contribution in [2.24, 2.45) is 0 Å². The number of halogens is 1. The minimum atomic E-state index is -0.219. The second-order valence-corrected chi connectivity index (χ2v) is 8.53. The molecule has 1 saturated heterocycles. The Morgan fingerprint density at radius 2 is 1.58 bits per heavy atom. The Balaban J connectivity index is 1.27. The molecular weight excluding hydrogens is 415 g/mol. The molecule has 0 bridgehead atoms. The second-order valence-electron chi connectivity index (χ2n) is 8.53. The summed E-state index contributed by atoms with van der Waals surface area (Å²) >= 11 is 0. The predicted octanol–water partition coefficient (Wildman–Crippen LogP) is 5.95. The van der Waals surface area contributed by atoms with Gasteiger partial charge in [-0.2, -0.15) is 0 Å². The highest BCUT2D eigenvalue weighted by Crippen LogP contribution is 2.29. The van der Waals surface area contributed by atoms with Gasteiger partial charge in [-0.25, -0.2) is 4.39 Å². The molecule has 0 unspecified atom stereocenters. The summed E-state index contributed by atoms with van der Waals surface area (Å²) in [5, 5.41) is 6.14. The van der Waals surface area contributed by atoms with E-state index in [-0.39, 0.29) is 29.8 Å². The number of nitrogens with one attached hydrogen (secondary N) is 2. The highest BCUT2D eigenvalue weighted by atomic mass is 19.1. The van der Waals surface area contributed by atoms with Crippen molar-refractivity contribution in [3.63, 3.8) is 0 Å². The van der Waals surface area contributed by atoms with Crippen molar-refractivity contribution in [3.05, 3.63) is 89.7 Å². The molecule has 0 saturated carbocycles. The molecule has 4 nitrogen and oxygen atoms in total. The van der Waals surface area contributed by atoms with E-state index in [1.54, 1.807) is 12.1 Å². The Morgan fingerprint density at radius 1 is 0.879 bits per heavy atom. The van der Waals surface area contributed by atoms with Crippen LogP contribution in [0.3, 0.4) is 0 Å². The van der Waals surface area contributed by atoms with Crippen molar-refractivity contribution in [1.82, 2.24) is 5.32 Å². The van der Waals surface area contributed by atoms with E-state index in [2.05, 4.69) is 10.6 Å². The molecule has 3 aromatic carbocycles. The molecule has 1 amide bonds. The van der Waals surface area contributed by atoms with Gasteiger partial charge in [-0.05, 0) is 73.2 Å². The standard InChI is InChI=1S/C28H29FN2O2/c29-26-14-13-24(19-25(26)22-15-17-30-18-16-22)31-28(33)8-4-7-27(32)23-11-9-21(10-12-23)20-5-2-1-3-6-20/h1-3,5-6,9-14,19,22,30H,4,7-8,15-18H2,(H,31,33). The third-order valence-electron chi connectivity index (χ3n) is 6.18. The molecule has 1 aliphatic rings. The Morgan fingerprint density at radius 3 is 2.30 bits per heavy atom. The molecule has 33 heavy (non-hydrogen) atoms. The number of hydrogen-bond acceptors (Lipinski definition) is 3. The number of hydrogen-bond donors (Lipinski definition) is 2. The molecule has 0 atom stereocenters. The van der Waals surface area contributed by atoms with Crippen LogP contribution in [0, 0.1) is 5.82 Å². The number of anilines is 1. The quantitative estimate of drug-likeness (QED) is 0.422. The number of benzene rings is 3. The smallest absolute Gasteiger partial charge is 0.224 e. The first kappa shape index (κ1) is 22.9. The van der Waals surface area contributed by atoms with Crippen LogP contribution in [-0.4, -0.2) is 24.8 Å². The molecule has 1 fully saturated rings. The lowest BCUT2D eigenvalue weighted by Crippen LogP contribution is -2.27. The van der Waals surface area contributed by atoms with Crippen molar-refractivity contribution in [3.8, 4) is 11.1 Å². The highest BCUT2D eigenvalue weighted by Gasteiger charge is 2.19. The van der Waals surface area contributed by atoms with Crippen LogP contribution in [0.25, 0.3) is 11.1 Å². The summed E-state index contributed by atoms with van der Waals surface area (Å²) in [6.07, 6.45) is 2.80. The molecule has 0 spiro atoms. The highest BCUT2D eigenvalue weighted by molar-refractivity contribution is 5.97. The van der Waals surface area contributed by atoms with E-state index in [0.29, 0.717) is 29.7 Å². The van der Waals surface area contributed by atoms with E-state index in [0.717, 1.165) is 37.1 Å². The van der Waals surface area contributed by atoms with Gasteiger partial charge in [0, 0.05) is 24.1 Å². The van der Waals surface area contributed by atoms with E-state index in [9.17, 15) is 14.0 Å². The number of amides is 1. The molecule has 3 aromatic rings. The molecule has 4 rings (SSSR count). The van der Waals surface area contributed by atoms with Gasteiger partial charge in [0.2, 0.25) is 5.91 Å². The minimum Gasteiger partial charge on any atom is -0.326 e. The maximum atomic E-state index is 14.3. The normalized spacial score (nSPS) is 14.1. The van der Waals surface area contributed by atoms with Crippen LogP contribution < -0.4 is 10.6 Å². The number of carbonyl (C=O) groups is 2. The first-order chi connectivity index (χ1) is 16.1. The van der Waals surface area contributed by atoms with Crippen molar-refractivity contribution in [2.75, 3.05) is 18.4 Å². The summed E-state index contributed by atoms with van der Waals surface area (Å²) in [6, 6.07) is 22.4. The van der Waals surface area contributed by atoms with Crippen molar-refractivity contribution in [2.45, 2.75) is 38.0 Å². The number of Topliss-reactive ketones (excluding diaryl/α,β-unsaturated/α-hetero) is 1. The maximum absolute atomic E-state index is 14.3. The molecule has 170 valence electrons. The zero-order valence-electron chi connectivity index (χ0n) is 18.6. The SMILES string of the molecule is O=C(CCCC(=O)c1ccc(-c2ccccc2)cc1)Nc1ccc(F)c(C2CCNCC2)c1. The summed E-state index contributed by atoms with van der Waals surface area (Å²) < 4.78 is 14.3. The van der Waals surface area contributed by atoms with E-state index in [4.69, 9.17) is 0 Å². The Labute approximate surface area is 194 Å². The number of ketones is 1. The third kappa shape index (κ3) is 6.14. The third-order valence-corrected chi connectivity index (χ3v) is 6.18. The van der Waals surface area contributed by atoms with E-state index in [1.165, 1.54) is 6.07 Å². The Kier molecular flexibility index (Phi) is 7.63. The van der Waals surface area contributed by atoms with E-state index in [1.807, 2.05) is 54.6 Å². The second kappa shape index (κ2) is 11.0. The first-order valence-electron chi connectivity index (χ1n) is 11.6. The predicted molar refractivity (Wildman–Crippen MR) is 130 cm³/mol. The first-order valence-corrected chi connectivity index (χ1v) is 11.6. The van der Waals surface area contributed by atoms with Crippen molar-refractivity contribution >= 4 is 17.4 Å². The Bertz CT molecular complexity index is 1090. The van der Waals surface area contributed by atoms with Gasteiger partial charge in [0.25, 0.3) is 0 Å². The van der Waals surface area contributed by atoms with Crippen LogP contribution >= 0.6 is 0 Å². The molecule has 0 radical (unpaired) electrons. The molecule has 0 aromatic heterocycles. The van der Waals surface area contributed by atoms with Crippen LogP contribution in [0.2, 0.25) is 0 Å². The van der Waals surface area contributed by atoms with Crippen molar-refractivity contribution in [1.29, 1.82) is 0 Å². The zero-order valence-corrected chi connectivity index (χ0v) is 18.6. The summed E-state index contributed by atoms with van der Waals surface area (Å²) in [5.41, 5.74) is 4.10. The van der Waals surface area contributed by atoms with E-state index >= 15 is 0 Å². The van der Waals surface area contributed by atoms with Gasteiger partial charge in [-0.15, -0.1) is 0 Å². The molecule has 5 heteroatoms. The average Bonchev–Trinajstić information content (AvgIpc) is 2.86. The van der Waals surface area contributed by atoms with Crippen LogP contribution in [0.5, 0.6) is 0 Å². The largest absolute Gasteiger partial charge is 0.326 e. The van der Waals surface area contributed by atoms with Gasteiger partial charge in [0.1, 0.15) is 5.82 Å². The van der Waals surface area contributed by atoms with Crippen LogP contribution in [0.15, 0.2) is 72.8 Å². The molecule has 1 heterocycles. The lowest BCUT2D eigenvalue weighted by molar-refractivity contribution is -0.116. The lowest BCUT2D eigenvalue weighted by Gasteiger charge is -2.23. The van der Waals surface area contributed by atoms with Gasteiger partial charge in [0.05, 0.1) is 0 Å². The van der Waals surface area contributed by atoms with E-state index < -0.39 is 0 Å². The van der Waals surface area contributed by atoms with Crippen LogP contribution in [0.4, 0.5) is 10.1 Å². The number of piperidine rings is 1. The number of rotatable bonds is 8. The van der Waals surface area contributed by atoms with Gasteiger partial charge in [-0.1, -0.05) is 54.6 Å². The molecular formula is C28H29FN2O2. The maximum Gasteiger partial charge on any atom is 0.224 e. The fraction of sp³-hybridized carbons (Fsp3) is 0.286. The lowest BCUT2D eigenvalue weighted by atomic mass is 9.89. The van der Waals surface area contributed by atoms with Crippen molar-refractivity contribution < 1.29 is 14.0 Å². The molecule has 0 aliphatic carbocycles. The van der Waals surface area contributed by atoms with Gasteiger partial charge in [-0.3, -0.25) is 9.59 Å². The van der Waals surface area contributed by atoms with Gasteiger partial charge in [0.15, 0.2) is 5.78 Å². The topological polar surface area (TPSA) is 58.2 Å². The average molecular weight is 445 g/mol. The monoisotopic (exact) mass is 444 g/mol. The fourth-order valence-electron chi connectivity index (χ4n) is 4.32. The minimum absolute atomic E-state index is 0.0254. The molecule has 1 aliphatic heterocycles. The summed E-state index contributed by atoms with van der Waals surface area (Å²) in [6.45, 7) is 1.76. The molecule has 2 N–H and O–H groups in total. The van der Waals surface area contributed by atoms with Gasteiger partial charge < -0.3 is 10.6 Å². The fourth-order valence-corrected chi connectivity index (χ4v) is 4.32. The van der Waals surface area contributed by atoms with Crippen LogP contribution in [-0.2, 0) is 4.79 Å². The number of carbonyl (C=O) groups excluding carboxylic acids is 2. The Hall–Kier alpha value is -3.31. The van der Waals surface area contributed by atoms with Gasteiger partial charge >= 0.3 is 0 Å². The summed E-state index contributed by atoms with van der Waals surface area (Å²) in [4.78, 5) is 24.9. The zero-order chi connectivity index (χ0) is 23.0. The summed E-state index contributed by atoms with van der Waals surface area (Å²) in [7, 11) is 0. The summed E-state index contributed by atoms with van der Waals surface area (Å²) in [5.74, 6) is -0.180. The van der Waals surface area contributed by atoms with Crippen LogP contribution in [0.1, 0.15) is 53.9 Å².